The van der Waals surface area contributed by atoms with Gasteiger partial charge >= 0.3 is 5.97 Å². The highest BCUT2D eigenvalue weighted by Gasteiger charge is 2.69. The van der Waals surface area contributed by atoms with E-state index >= 15 is 0 Å². The summed E-state index contributed by atoms with van der Waals surface area (Å²) in [7, 11) is 0. The van der Waals surface area contributed by atoms with Crippen molar-refractivity contribution in [2.75, 3.05) is 6.61 Å². The second kappa shape index (κ2) is 6.86. The SMILES string of the molecule is C=C1C[C@@H]2[C@H]([C@@H](OC(C)=O)C[C@@]3(C)[C@H]2CC[C@]3(O)C(=O)CO)[C@@]2(C)CCC(=O)C=C12. The zero-order chi connectivity index (χ0) is 22.1. The number of aliphatic hydroxyl groups excluding tert-OH is 1. The minimum atomic E-state index is -1.63. The molecule has 6 nitrogen and oxygen atoms in total. The van der Waals surface area contributed by atoms with E-state index in [9.17, 15) is 24.6 Å². The number of aliphatic hydroxyl groups is 2. The smallest absolute Gasteiger partial charge is 0.302 e. The lowest BCUT2D eigenvalue weighted by atomic mass is 9.44. The highest BCUT2D eigenvalue weighted by Crippen LogP contribution is 2.68. The number of esters is 1. The maximum atomic E-state index is 12.6. The van der Waals surface area contributed by atoms with Crippen molar-refractivity contribution in [1.82, 2.24) is 0 Å². The van der Waals surface area contributed by atoms with Crippen molar-refractivity contribution >= 4 is 17.5 Å². The summed E-state index contributed by atoms with van der Waals surface area (Å²) in [5, 5.41) is 20.9. The van der Waals surface area contributed by atoms with E-state index in [1.54, 1.807) is 6.08 Å². The average Bonchev–Trinajstić information content (AvgIpc) is 2.94. The Hall–Kier alpha value is -1.79. The van der Waals surface area contributed by atoms with Crippen LogP contribution in [0.5, 0.6) is 0 Å². The number of ketones is 2. The molecule has 0 aromatic rings. The third kappa shape index (κ3) is 2.72. The van der Waals surface area contributed by atoms with E-state index in [2.05, 4.69) is 13.5 Å². The van der Waals surface area contributed by atoms with E-state index in [4.69, 9.17) is 4.74 Å². The van der Waals surface area contributed by atoms with Gasteiger partial charge in [-0.2, -0.15) is 0 Å². The number of fused-ring (bicyclic) bond motifs is 5. The van der Waals surface area contributed by atoms with Crippen molar-refractivity contribution in [2.45, 2.75) is 71.0 Å². The topological polar surface area (TPSA) is 101 Å². The van der Waals surface area contributed by atoms with Gasteiger partial charge in [-0.1, -0.05) is 26.0 Å². The molecule has 0 amide bonds. The number of Topliss-reactive ketones (excluding diaryl/α,β-unsaturated/α-hetero) is 1. The van der Waals surface area contributed by atoms with Crippen LogP contribution in [0, 0.1) is 28.6 Å². The molecule has 3 fully saturated rings. The van der Waals surface area contributed by atoms with Crippen LogP contribution in [0.15, 0.2) is 23.8 Å². The van der Waals surface area contributed by atoms with Crippen LogP contribution in [0.1, 0.15) is 59.3 Å². The molecule has 0 aromatic heterocycles. The summed E-state index contributed by atoms with van der Waals surface area (Å²) in [6.45, 7) is 9.02. The highest BCUT2D eigenvalue weighted by atomic mass is 16.5. The van der Waals surface area contributed by atoms with Crippen molar-refractivity contribution in [3.63, 3.8) is 0 Å². The van der Waals surface area contributed by atoms with Gasteiger partial charge in [0.2, 0.25) is 0 Å². The molecule has 3 saturated carbocycles. The quantitative estimate of drug-likeness (QED) is 0.686. The molecule has 0 saturated heterocycles. The fraction of sp³-hybridized carbons (Fsp3) is 0.708. The zero-order valence-electron chi connectivity index (χ0n) is 18.1. The molecule has 4 aliphatic carbocycles. The second-order valence-corrected chi connectivity index (χ2v) is 10.3. The van der Waals surface area contributed by atoms with Crippen LogP contribution in [-0.2, 0) is 19.1 Å². The number of carbonyl (C=O) groups excluding carboxylic acids is 3. The number of allylic oxidation sites excluding steroid dienone is 2. The Bertz CT molecular complexity index is 858. The maximum absolute atomic E-state index is 12.6. The van der Waals surface area contributed by atoms with E-state index in [-0.39, 0.29) is 34.9 Å². The van der Waals surface area contributed by atoms with E-state index in [1.165, 1.54) is 6.92 Å². The zero-order valence-corrected chi connectivity index (χ0v) is 18.1. The first-order valence-electron chi connectivity index (χ1n) is 10.9. The summed E-state index contributed by atoms with van der Waals surface area (Å²) in [5.74, 6) is -0.719. The molecule has 0 heterocycles. The van der Waals surface area contributed by atoms with Crippen molar-refractivity contribution in [3.05, 3.63) is 23.8 Å². The van der Waals surface area contributed by atoms with Crippen LogP contribution in [0.2, 0.25) is 0 Å². The molecule has 164 valence electrons. The lowest BCUT2D eigenvalue weighted by molar-refractivity contribution is -0.193. The number of hydrogen-bond acceptors (Lipinski definition) is 6. The summed E-state index contributed by atoms with van der Waals surface area (Å²) in [5.41, 5.74) is -0.855. The van der Waals surface area contributed by atoms with Gasteiger partial charge in [0, 0.05) is 24.7 Å². The van der Waals surface area contributed by atoms with Gasteiger partial charge in [0.25, 0.3) is 0 Å². The van der Waals surface area contributed by atoms with Gasteiger partial charge in [0.05, 0.1) is 0 Å². The summed E-state index contributed by atoms with van der Waals surface area (Å²) in [4.78, 5) is 36.8. The van der Waals surface area contributed by atoms with Crippen LogP contribution in [-0.4, -0.2) is 46.1 Å². The molecular weight excluding hydrogens is 384 g/mol. The van der Waals surface area contributed by atoms with Gasteiger partial charge in [-0.25, -0.2) is 0 Å². The normalized spacial score (nSPS) is 45.2. The lowest BCUT2D eigenvalue weighted by Gasteiger charge is -2.61. The lowest BCUT2D eigenvalue weighted by Crippen LogP contribution is -2.62. The van der Waals surface area contributed by atoms with Gasteiger partial charge in [0.1, 0.15) is 18.3 Å². The Balaban J connectivity index is 1.84. The Labute approximate surface area is 177 Å². The van der Waals surface area contributed by atoms with E-state index in [1.807, 2.05) is 6.92 Å². The van der Waals surface area contributed by atoms with Crippen molar-refractivity contribution in [3.8, 4) is 0 Å². The second-order valence-electron chi connectivity index (χ2n) is 10.3. The van der Waals surface area contributed by atoms with Crippen molar-refractivity contribution in [2.24, 2.45) is 28.6 Å². The van der Waals surface area contributed by atoms with Gasteiger partial charge in [-0.05, 0) is 61.0 Å². The fourth-order valence-electron chi connectivity index (χ4n) is 7.58. The third-order valence-electron chi connectivity index (χ3n) is 8.92. The van der Waals surface area contributed by atoms with E-state index in [0.29, 0.717) is 38.5 Å². The molecule has 0 aromatic carbocycles. The maximum Gasteiger partial charge on any atom is 0.302 e. The Morgan fingerprint density at radius 3 is 2.63 bits per heavy atom. The van der Waals surface area contributed by atoms with E-state index in [0.717, 1.165) is 11.1 Å². The minimum Gasteiger partial charge on any atom is -0.462 e. The van der Waals surface area contributed by atoms with Crippen LogP contribution >= 0.6 is 0 Å². The van der Waals surface area contributed by atoms with Gasteiger partial charge < -0.3 is 14.9 Å². The molecule has 2 N–H and O–H groups in total. The summed E-state index contributed by atoms with van der Waals surface area (Å²) in [6.07, 6.45) is 4.38. The minimum absolute atomic E-state index is 0.00379. The molecule has 4 aliphatic rings. The molecule has 0 radical (unpaired) electrons. The summed E-state index contributed by atoms with van der Waals surface area (Å²) < 4.78 is 5.85. The molecule has 0 bridgehead atoms. The molecular formula is C24H32O6. The number of hydrogen-bond donors (Lipinski definition) is 2. The molecule has 0 unspecified atom stereocenters. The van der Waals surface area contributed by atoms with Gasteiger partial charge in [0.15, 0.2) is 11.6 Å². The van der Waals surface area contributed by atoms with Crippen molar-refractivity contribution < 1.29 is 29.3 Å². The Kier molecular flexibility index (Phi) is 4.90. The molecule has 6 heteroatoms. The predicted octanol–water partition coefficient (Wildman–Crippen LogP) is 2.52. The number of rotatable bonds is 3. The predicted molar refractivity (Wildman–Crippen MR) is 109 cm³/mol. The van der Waals surface area contributed by atoms with Crippen molar-refractivity contribution in [1.29, 1.82) is 0 Å². The monoisotopic (exact) mass is 416 g/mol. The first kappa shape index (κ1) is 21.4. The average molecular weight is 417 g/mol. The van der Waals surface area contributed by atoms with Crippen LogP contribution in [0.3, 0.4) is 0 Å². The third-order valence-corrected chi connectivity index (χ3v) is 8.92. The summed E-state index contributed by atoms with van der Waals surface area (Å²) in [6, 6.07) is 0. The fourth-order valence-corrected chi connectivity index (χ4v) is 7.58. The van der Waals surface area contributed by atoms with E-state index < -0.39 is 29.5 Å². The van der Waals surface area contributed by atoms with Gasteiger partial charge in [-0.15, -0.1) is 0 Å². The van der Waals surface area contributed by atoms with Crippen LogP contribution in [0.4, 0.5) is 0 Å². The largest absolute Gasteiger partial charge is 0.462 e. The first-order valence-corrected chi connectivity index (χ1v) is 10.9. The number of carbonyl (C=O) groups is 3. The first-order chi connectivity index (χ1) is 14.0. The summed E-state index contributed by atoms with van der Waals surface area (Å²) >= 11 is 0. The Morgan fingerprint density at radius 1 is 1.30 bits per heavy atom. The van der Waals surface area contributed by atoms with Gasteiger partial charge in [-0.3, -0.25) is 14.4 Å². The molecule has 4 rings (SSSR count). The number of ether oxygens (including phenoxy) is 1. The Morgan fingerprint density at radius 2 is 2.00 bits per heavy atom. The highest BCUT2D eigenvalue weighted by molar-refractivity contribution is 5.92. The van der Waals surface area contributed by atoms with Crippen LogP contribution in [0.25, 0.3) is 0 Å². The van der Waals surface area contributed by atoms with Crippen LogP contribution < -0.4 is 0 Å². The molecule has 0 spiro atoms. The molecule has 30 heavy (non-hydrogen) atoms. The molecule has 0 aliphatic heterocycles. The molecule has 7 atom stereocenters. The standard InChI is InChI=1S/C24H32O6/c1-13-9-16-17-6-8-24(29,20(28)12-25)23(17,4)11-19(30-14(2)26)21(16)22(3)7-5-15(27)10-18(13)22/h10,16-17,19,21,25,29H,1,5-9,11-12H2,2-4H3/t16-,17-,19-,21+,22-,23-,24-/m0/s1.